The lowest BCUT2D eigenvalue weighted by molar-refractivity contribution is 0.114. The molecule has 0 radical (unpaired) electrons. The van der Waals surface area contributed by atoms with Crippen LogP contribution in [0.25, 0.3) is 0 Å². The van der Waals surface area contributed by atoms with Crippen molar-refractivity contribution in [2.24, 2.45) is 10.7 Å². The number of halogens is 3. The number of nitrogens with one attached hydrogen (secondary N) is 1. The lowest BCUT2D eigenvalue weighted by Gasteiger charge is -2.11. The van der Waals surface area contributed by atoms with Gasteiger partial charge < -0.3 is 15.8 Å². The van der Waals surface area contributed by atoms with Gasteiger partial charge in [-0.1, -0.05) is 15.9 Å². The fourth-order valence-corrected chi connectivity index (χ4v) is 2.38. The van der Waals surface area contributed by atoms with Gasteiger partial charge in [-0.2, -0.15) is 0 Å². The molecular weight excluding hydrogens is 332 g/mol. The normalized spacial score (nSPS) is 19.4. The van der Waals surface area contributed by atoms with Crippen LogP contribution in [0, 0.1) is 11.6 Å². The third kappa shape index (κ3) is 4.14. The summed E-state index contributed by atoms with van der Waals surface area (Å²) in [6.07, 6.45) is 2.24. The number of hydrogen-bond donors (Lipinski definition) is 2. The van der Waals surface area contributed by atoms with Crippen LogP contribution in [0.1, 0.15) is 18.4 Å². The zero-order valence-corrected chi connectivity index (χ0v) is 12.4. The predicted molar refractivity (Wildman–Crippen MR) is 76.4 cm³/mol. The van der Waals surface area contributed by atoms with E-state index in [1.54, 1.807) is 0 Å². The Balaban J connectivity index is 1.89. The number of hydrogen-bond acceptors (Lipinski definition) is 2. The maximum atomic E-state index is 13.1. The number of nitrogens with two attached hydrogens (primary N) is 1. The number of aliphatic imine (C=N–C) groups is 1. The smallest absolute Gasteiger partial charge is 0.189 e. The van der Waals surface area contributed by atoms with Gasteiger partial charge in [0.1, 0.15) is 0 Å². The Hall–Kier alpha value is -1.21. The summed E-state index contributed by atoms with van der Waals surface area (Å²) < 4.78 is 32.0. The first kappa shape index (κ1) is 15.2. The van der Waals surface area contributed by atoms with Crippen molar-refractivity contribution in [2.75, 3.05) is 13.2 Å². The van der Waals surface area contributed by atoms with Crippen molar-refractivity contribution < 1.29 is 13.5 Å². The van der Waals surface area contributed by atoms with E-state index in [1.165, 1.54) is 0 Å². The van der Waals surface area contributed by atoms with Crippen LogP contribution in [0.4, 0.5) is 8.78 Å². The number of benzene rings is 1. The molecule has 1 saturated heterocycles. The fraction of sp³-hybridized carbons (Fsp3) is 0.462. The van der Waals surface area contributed by atoms with Crippen molar-refractivity contribution >= 4 is 21.9 Å². The third-order valence-corrected chi connectivity index (χ3v) is 3.78. The minimum Gasteiger partial charge on any atom is -0.376 e. The average Bonchev–Trinajstić information content (AvgIpc) is 2.92. The molecule has 1 heterocycles. The second-order valence-corrected chi connectivity index (χ2v) is 5.43. The summed E-state index contributed by atoms with van der Waals surface area (Å²) in [4.78, 5) is 4.10. The van der Waals surface area contributed by atoms with E-state index in [0.29, 0.717) is 16.6 Å². The van der Waals surface area contributed by atoms with Gasteiger partial charge in [0.05, 0.1) is 12.6 Å². The van der Waals surface area contributed by atoms with Crippen LogP contribution in [0.15, 0.2) is 21.6 Å². The van der Waals surface area contributed by atoms with Crippen molar-refractivity contribution in [1.29, 1.82) is 0 Å². The minimum atomic E-state index is -0.899. The van der Waals surface area contributed by atoms with Gasteiger partial charge >= 0.3 is 0 Å². The van der Waals surface area contributed by atoms with Crippen LogP contribution in [-0.4, -0.2) is 25.2 Å². The zero-order valence-electron chi connectivity index (χ0n) is 10.8. The Morgan fingerprint density at radius 3 is 2.90 bits per heavy atom. The molecule has 0 bridgehead atoms. The van der Waals surface area contributed by atoms with E-state index in [9.17, 15) is 8.78 Å². The van der Waals surface area contributed by atoms with Gasteiger partial charge in [-0.15, -0.1) is 0 Å². The first-order valence-electron chi connectivity index (χ1n) is 6.35. The molecule has 7 heteroatoms. The molecule has 20 heavy (non-hydrogen) atoms. The molecule has 1 unspecified atom stereocenters. The summed E-state index contributed by atoms with van der Waals surface area (Å²) in [6, 6.07) is 2.19. The molecule has 1 aliphatic rings. The van der Waals surface area contributed by atoms with Crippen molar-refractivity contribution in [3.05, 3.63) is 33.8 Å². The van der Waals surface area contributed by atoms with E-state index in [0.717, 1.165) is 31.6 Å². The Bertz CT molecular complexity index is 505. The highest BCUT2D eigenvalue weighted by atomic mass is 79.9. The molecule has 4 nitrogen and oxygen atoms in total. The van der Waals surface area contributed by atoms with Gasteiger partial charge in [-0.25, -0.2) is 13.8 Å². The maximum absolute atomic E-state index is 13.1. The van der Waals surface area contributed by atoms with E-state index in [1.807, 2.05) is 0 Å². The SMILES string of the molecule is NC(=NCc1cc(F)c(F)cc1Br)NCC1CCCO1. The summed E-state index contributed by atoms with van der Waals surface area (Å²) in [5.74, 6) is -1.53. The van der Waals surface area contributed by atoms with Gasteiger partial charge in [0.2, 0.25) is 0 Å². The molecule has 0 aliphatic carbocycles. The van der Waals surface area contributed by atoms with Gasteiger partial charge in [0.15, 0.2) is 17.6 Å². The van der Waals surface area contributed by atoms with Crippen LogP contribution < -0.4 is 11.1 Å². The Morgan fingerprint density at radius 2 is 2.20 bits per heavy atom. The minimum absolute atomic E-state index is 0.166. The topological polar surface area (TPSA) is 59.6 Å². The molecule has 1 aliphatic heterocycles. The van der Waals surface area contributed by atoms with Gasteiger partial charge in [-0.3, -0.25) is 0 Å². The van der Waals surface area contributed by atoms with E-state index in [-0.39, 0.29) is 18.6 Å². The predicted octanol–water partition coefficient (Wildman–Crippen LogP) is 2.31. The number of guanidine groups is 1. The van der Waals surface area contributed by atoms with Crippen LogP contribution in [0.5, 0.6) is 0 Å². The van der Waals surface area contributed by atoms with Crippen LogP contribution >= 0.6 is 15.9 Å². The lowest BCUT2D eigenvalue weighted by atomic mass is 10.2. The van der Waals surface area contributed by atoms with Crippen LogP contribution in [-0.2, 0) is 11.3 Å². The number of rotatable bonds is 4. The molecule has 110 valence electrons. The second kappa shape index (κ2) is 6.99. The molecule has 1 aromatic rings. The monoisotopic (exact) mass is 347 g/mol. The second-order valence-electron chi connectivity index (χ2n) is 4.58. The quantitative estimate of drug-likeness (QED) is 0.499. The lowest BCUT2D eigenvalue weighted by Crippen LogP contribution is -2.37. The van der Waals surface area contributed by atoms with Crippen LogP contribution in [0.3, 0.4) is 0 Å². The summed E-state index contributed by atoms with van der Waals surface area (Å²) in [6.45, 7) is 1.56. The van der Waals surface area contributed by atoms with Crippen molar-refractivity contribution in [3.63, 3.8) is 0 Å². The highest BCUT2D eigenvalue weighted by Gasteiger charge is 2.15. The fourth-order valence-electron chi connectivity index (χ4n) is 1.93. The Labute approximate surface area is 124 Å². The molecule has 2 rings (SSSR count). The van der Waals surface area contributed by atoms with E-state index >= 15 is 0 Å². The van der Waals surface area contributed by atoms with E-state index in [4.69, 9.17) is 10.5 Å². The Morgan fingerprint density at radius 1 is 1.45 bits per heavy atom. The standard InChI is InChI=1S/C13H16BrF2N3O/c14-10-5-12(16)11(15)4-8(10)6-18-13(17)19-7-9-2-1-3-20-9/h4-5,9H,1-3,6-7H2,(H3,17,18,19). The van der Waals surface area contributed by atoms with E-state index < -0.39 is 11.6 Å². The number of nitrogens with zero attached hydrogens (tertiary/aromatic N) is 1. The number of ether oxygens (including phenoxy) is 1. The average molecular weight is 348 g/mol. The Kier molecular flexibility index (Phi) is 5.31. The zero-order chi connectivity index (χ0) is 14.5. The molecule has 0 aromatic heterocycles. The first-order chi connectivity index (χ1) is 9.56. The third-order valence-electron chi connectivity index (χ3n) is 3.04. The highest BCUT2D eigenvalue weighted by Crippen LogP contribution is 2.21. The summed E-state index contributed by atoms with van der Waals surface area (Å²) in [5.41, 5.74) is 6.25. The first-order valence-corrected chi connectivity index (χ1v) is 7.14. The molecule has 0 amide bonds. The summed E-state index contributed by atoms with van der Waals surface area (Å²) in [5, 5.41) is 2.96. The molecule has 1 aromatic carbocycles. The highest BCUT2D eigenvalue weighted by molar-refractivity contribution is 9.10. The molecular formula is C13H16BrF2N3O. The molecule has 1 atom stereocenters. The summed E-state index contributed by atoms with van der Waals surface area (Å²) >= 11 is 3.17. The van der Waals surface area contributed by atoms with E-state index in [2.05, 4.69) is 26.2 Å². The van der Waals surface area contributed by atoms with Crippen molar-refractivity contribution in [2.45, 2.75) is 25.5 Å². The van der Waals surface area contributed by atoms with Crippen molar-refractivity contribution in [1.82, 2.24) is 5.32 Å². The molecule has 0 saturated carbocycles. The molecule has 1 fully saturated rings. The molecule has 3 N–H and O–H groups in total. The summed E-state index contributed by atoms with van der Waals surface area (Å²) in [7, 11) is 0. The van der Waals surface area contributed by atoms with Gasteiger partial charge in [-0.05, 0) is 30.5 Å². The largest absolute Gasteiger partial charge is 0.376 e. The molecule has 0 spiro atoms. The maximum Gasteiger partial charge on any atom is 0.189 e. The van der Waals surface area contributed by atoms with Crippen molar-refractivity contribution in [3.8, 4) is 0 Å². The van der Waals surface area contributed by atoms with Gasteiger partial charge in [0.25, 0.3) is 0 Å². The van der Waals surface area contributed by atoms with Crippen LogP contribution in [0.2, 0.25) is 0 Å². The van der Waals surface area contributed by atoms with Gasteiger partial charge in [0, 0.05) is 17.6 Å².